The fourth-order valence-corrected chi connectivity index (χ4v) is 2.72. The maximum Gasteiger partial charge on any atom is 0.168 e. The van der Waals surface area contributed by atoms with E-state index in [2.05, 4.69) is 27.5 Å². The maximum absolute atomic E-state index is 5.82. The fourth-order valence-electron chi connectivity index (χ4n) is 2.72. The average Bonchev–Trinajstić information content (AvgIpc) is 2.52. The predicted octanol–water partition coefficient (Wildman–Crippen LogP) is 2.53. The molecule has 3 rings (SSSR count). The molecule has 3 N–H and O–H groups in total. The van der Waals surface area contributed by atoms with Crippen molar-refractivity contribution in [1.82, 2.24) is 9.97 Å². The summed E-state index contributed by atoms with van der Waals surface area (Å²) in [4.78, 5) is 8.64. The molecule has 5 nitrogen and oxygen atoms in total. The van der Waals surface area contributed by atoms with E-state index in [0.29, 0.717) is 18.2 Å². The number of nitrogens with two attached hydrogens (primary N) is 1. The lowest BCUT2D eigenvalue weighted by Gasteiger charge is -2.16. The van der Waals surface area contributed by atoms with Crippen LogP contribution in [-0.4, -0.2) is 9.97 Å². The van der Waals surface area contributed by atoms with Crippen molar-refractivity contribution in [3.63, 3.8) is 0 Å². The Bertz CT molecular complexity index is 642. The summed E-state index contributed by atoms with van der Waals surface area (Å²) in [5.41, 5.74) is 6.27. The van der Waals surface area contributed by atoms with Gasteiger partial charge in [0.05, 0.1) is 0 Å². The molecule has 0 fully saturated rings. The smallest absolute Gasteiger partial charge is 0.168 e. The second-order valence-electron chi connectivity index (χ2n) is 5.38. The minimum atomic E-state index is 0.342. The average molecular weight is 284 g/mol. The highest BCUT2D eigenvalue weighted by atomic mass is 16.5. The van der Waals surface area contributed by atoms with Gasteiger partial charge in [-0.25, -0.2) is 15.8 Å². The molecule has 1 aliphatic rings. The predicted molar refractivity (Wildman–Crippen MR) is 82.0 cm³/mol. The van der Waals surface area contributed by atoms with Gasteiger partial charge in [0.15, 0.2) is 5.82 Å². The molecule has 110 valence electrons. The minimum Gasteiger partial charge on any atom is -0.486 e. The molecule has 0 spiro atoms. The summed E-state index contributed by atoms with van der Waals surface area (Å²) in [7, 11) is 0. The highest BCUT2D eigenvalue weighted by Crippen LogP contribution is 2.25. The summed E-state index contributed by atoms with van der Waals surface area (Å²) in [6.07, 6.45) is 4.89. The van der Waals surface area contributed by atoms with E-state index in [4.69, 9.17) is 10.6 Å². The Morgan fingerprint density at radius 3 is 2.76 bits per heavy atom. The first kappa shape index (κ1) is 13.8. The summed E-state index contributed by atoms with van der Waals surface area (Å²) in [6.45, 7) is 2.25. The lowest BCUT2D eigenvalue weighted by Crippen LogP contribution is -2.12. The van der Waals surface area contributed by atoms with E-state index in [1.807, 2.05) is 13.0 Å². The topological polar surface area (TPSA) is 73.1 Å². The number of aryl methyl sites for hydroxylation is 3. The lowest BCUT2D eigenvalue weighted by molar-refractivity contribution is 0.295. The van der Waals surface area contributed by atoms with E-state index >= 15 is 0 Å². The molecule has 2 aromatic rings. The Kier molecular flexibility index (Phi) is 4.01. The van der Waals surface area contributed by atoms with Gasteiger partial charge in [0.2, 0.25) is 0 Å². The van der Waals surface area contributed by atoms with Crippen LogP contribution >= 0.6 is 0 Å². The van der Waals surface area contributed by atoms with Crippen molar-refractivity contribution in [3.8, 4) is 5.75 Å². The van der Waals surface area contributed by atoms with E-state index in [1.54, 1.807) is 6.07 Å². The van der Waals surface area contributed by atoms with Gasteiger partial charge in [0.1, 0.15) is 18.2 Å². The molecule has 0 unspecified atom stereocenters. The Hall–Kier alpha value is -2.14. The van der Waals surface area contributed by atoms with E-state index < -0.39 is 0 Å². The van der Waals surface area contributed by atoms with Crippen LogP contribution in [0.15, 0.2) is 24.3 Å². The monoisotopic (exact) mass is 284 g/mol. The van der Waals surface area contributed by atoms with E-state index in [9.17, 15) is 0 Å². The van der Waals surface area contributed by atoms with E-state index in [1.165, 1.54) is 30.4 Å². The van der Waals surface area contributed by atoms with Crippen LogP contribution in [0.25, 0.3) is 0 Å². The Morgan fingerprint density at radius 2 is 1.95 bits per heavy atom. The van der Waals surface area contributed by atoms with Crippen LogP contribution in [0.4, 0.5) is 5.82 Å². The second kappa shape index (κ2) is 6.10. The van der Waals surface area contributed by atoms with Gasteiger partial charge in [-0.05, 0) is 55.9 Å². The fraction of sp³-hybridized carbons (Fsp3) is 0.375. The molecule has 0 atom stereocenters. The Balaban J connectivity index is 1.71. The normalized spacial score (nSPS) is 13.6. The Labute approximate surface area is 124 Å². The summed E-state index contributed by atoms with van der Waals surface area (Å²) >= 11 is 0. The van der Waals surface area contributed by atoms with Crippen LogP contribution in [-0.2, 0) is 19.4 Å². The molecule has 0 saturated carbocycles. The lowest BCUT2D eigenvalue weighted by atomic mass is 9.92. The van der Waals surface area contributed by atoms with E-state index in [-0.39, 0.29) is 0 Å². The van der Waals surface area contributed by atoms with E-state index in [0.717, 1.165) is 17.9 Å². The van der Waals surface area contributed by atoms with Crippen LogP contribution in [0, 0.1) is 6.92 Å². The largest absolute Gasteiger partial charge is 0.486 e. The number of fused-ring (bicyclic) bond motifs is 1. The summed E-state index contributed by atoms with van der Waals surface area (Å²) in [6, 6.07) is 8.14. The molecule has 1 aliphatic carbocycles. The van der Waals surface area contributed by atoms with Crippen molar-refractivity contribution < 1.29 is 4.74 Å². The zero-order chi connectivity index (χ0) is 14.7. The molecule has 0 aliphatic heterocycles. The quantitative estimate of drug-likeness (QED) is 0.666. The second-order valence-corrected chi connectivity index (χ2v) is 5.38. The number of hydrazine groups is 1. The third-order valence-corrected chi connectivity index (χ3v) is 3.74. The van der Waals surface area contributed by atoms with Gasteiger partial charge in [-0.1, -0.05) is 6.07 Å². The van der Waals surface area contributed by atoms with Gasteiger partial charge in [0.25, 0.3) is 0 Å². The highest BCUT2D eigenvalue weighted by Gasteiger charge is 2.10. The van der Waals surface area contributed by atoms with Crippen molar-refractivity contribution in [3.05, 3.63) is 46.9 Å². The minimum absolute atomic E-state index is 0.342. The zero-order valence-electron chi connectivity index (χ0n) is 12.2. The first-order chi connectivity index (χ1) is 10.2. The first-order valence-corrected chi connectivity index (χ1v) is 7.30. The van der Waals surface area contributed by atoms with Gasteiger partial charge < -0.3 is 10.2 Å². The van der Waals surface area contributed by atoms with Gasteiger partial charge in [-0.3, -0.25) is 0 Å². The Morgan fingerprint density at radius 1 is 1.14 bits per heavy atom. The number of benzene rings is 1. The molecular weight excluding hydrogens is 264 g/mol. The number of aromatic nitrogens is 2. The highest BCUT2D eigenvalue weighted by molar-refractivity contribution is 5.37. The SMILES string of the molecule is Cc1cc(NN)nc(COc2ccc3c(c2)CCCC3)n1. The number of nitrogens with one attached hydrogen (secondary N) is 1. The van der Waals surface area contributed by atoms with Crippen LogP contribution in [0.5, 0.6) is 5.75 Å². The summed E-state index contributed by atoms with van der Waals surface area (Å²) in [5, 5.41) is 0. The number of anilines is 1. The molecule has 1 aromatic carbocycles. The third kappa shape index (κ3) is 3.31. The van der Waals surface area contributed by atoms with Gasteiger partial charge >= 0.3 is 0 Å². The molecule has 5 heteroatoms. The zero-order valence-corrected chi connectivity index (χ0v) is 12.2. The molecule has 1 heterocycles. The molecule has 0 radical (unpaired) electrons. The molecule has 1 aromatic heterocycles. The number of rotatable bonds is 4. The number of hydrogen-bond acceptors (Lipinski definition) is 5. The molecule has 21 heavy (non-hydrogen) atoms. The summed E-state index contributed by atoms with van der Waals surface area (Å²) in [5.74, 6) is 7.50. The number of nitrogen functional groups attached to an aromatic ring is 1. The number of ether oxygens (including phenoxy) is 1. The van der Waals surface area contributed by atoms with Gasteiger partial charge in [-0.2, -0.15) is 0 Å². The first-order valence-electron chi connectivity index (χ1n) is 7.30. The van der Waals surface area contributed by atoms with Gasteiger partial charge in [0, 0.05) is 11.8 Å². The van der Waals surface area contributed by atoms with Crippen molar-refractivity contribution in [1.29, 1.82) is 0 Å². The molecule has 0 amide bonds. The van der Waals surface area contributed by atoms with Crippen molar-refractivity contribution in [2.45, 2.75) is 39.2 Å². The van der Waals surface area contributed by atoms with Gasteiger partial charge in [-0.15, -0.1) is 0 Å². The van der Waals surface area contributed by atoms with Crippen molar-refractivity contribution >= 4 is 5.82 Å². The molecule has 0 bridgehead atoms. The van der Waals surface area contributed by atoms with Crippen LogP contribution < -0.4 is 16.0 Å². The molecule has 0 saturated heterocycles. The van der Waals surface area contributed by atoms with Crippen LogP contribution in [0.3, 0.4) is 0 Å². The van der Waals surface area contributed by atoms with Crippen molar-refractivity contribution in [2.24, 2.45) is 5.84 Å². The molecular formula is C16H20N4O. The maximum atomic E-state index is 5.82. The number of hydrogen-bond donors (Lipinski definition) is 2. The van der Waals surface area contributed by atoms with Crippen molar-refractivity contribution in [2.75, 3.05) is 5.43 Å². The standard InChI is InChI=1S/C16H20N4O/c1-11-8-15(20-17)19-16(18-11)10-21-14-7-6-12-4-2-3-5-13(12)9-14/h6-9H,2-5,10,17H2,1H3,(H,18,19,20). The third-order valence-electron chi connectivity index (χ3n) is 3.74. The van der Waals surface area contributed by atoms with Crippen LogP contribution in [0.1, 0.15) is 35.5 Å². The number of nitrogens with zero attached hydrogens (tertiary/aromatic N) is 2. The summed E-state index contributed by atoms with van der Waals surface area (Å²) < 4.78 is 5.82. The van der Waals surface area contributed by atoms with Crippen LogP contribution in [0.2, 0.25) is 0 Å².